The van der Waals surface area contributed by atoms with Crippen LogP contribution in [-0.4, -0.2) is 37.0 Å². The number of fused-ring (bicyclic) bond motifs is 5. The number of nitrogens with zero attached hydrogens (tertiary/aromatic N) is 1. The van der Waals surface area contributed by atoms with Crippen molar-refractivity contribution < 1.29 is 19.1 Å². The highest BCUT2D eigenvalue weighted by Crippen LogP contribution is 2.56. The van der Waals surface area contributed by atoms with Gasteiger partial charge in [0.15, 0.2) is 0 Å². The third kappa shape index (κ3) is 2.69. The molecular formula is C21H24N2O4. The van der Waals surface area contributed by atoms with Crippen LogP contribution in [0.15, 0.2) is 24.3 Å². The number of carbonyl (C=O) groups excluding carboxylic acids is 3. The van der Waals surface area contributed by atoms with Gasteiger partial charge in [-0.25, -0.2) is 0 Å². The molecule has 0 aromatic heterocycles. The average Bonchev–Trinajstić information content (AvgIpc) is 3.45. The maximum Gasteiger partial charge on any atom is 0.251 e. The zero-order chi connectivity index (χ0) is 18.5. The Morgan fingerprint density at radius 3 is 2.52 bits per heavy atom. The molecule has 1 N–H and O–H groups in total. The first kappa shape index (κ1) is 16.9. The molecule has 0 unspecified atom stereocenters. The van der Waals surface area contributed by atoms with Crippen LogP contribution in [0, 0.1) is 23.7 Å². The Hall–Kier alpha value is -2.21. The standard InChI is InChI=1S/C21H24N2O4/c24-19(22-11-16-5-2-8-27-16)14-3-1-4-15(10-14)23-20(25)17-12-6-7-13(9-12)18(17)21(23)26/h1,3-4,10,12-13,16-18H,2,5-9,11H2,(H,22,24)/t12-,13-,16-,17-,18+/m1/s1. The van der Waals surface area contributed by atoms with Gasteiger partial charge in [-0.2, -0.15) is 0 Å². The van der Waals surface area contributed by atoms with E-state index in [1.54, 1.807) is 24.3 Å². The maximum atomic E-state index is 13.0. The lowest BCUT2D eigenvalue weighted by Crippen LogP contribution is -2.34. The largest absolute Gasteiger partial charge is 0.376 e. The number of rotatable bonds is 4. The number of imide groups is 1. The number of hydrogen-bond donors (Lipinski definition) is 1. The van der Waals surface area contributed by atoms with Gasteiger partial charge < -0.3 is 10.1 Å². The number of benzene rings is 1. The van der Waals surface area contributed by atoms with Crippen LogP contribution in [0.5, 0.6) is 0 Å². The van der Waals surface area contributed by atoms with Crippen molar-refractivity contribution in [3.05, 3.63) is 29.8 Å². The molecule has 2 bridgehead atoms. The minimum Gasteiger partial charge on any atom is -0.376 e. The van der Waals surface area contributed by atoms with Gasteiger partial charge in [-0.15, -0.1) is 0 Å². The fourth-order valence-corrected chi connectivity index (χ4v) is 5.56. The molecule has 0 radical (unpaired) electrons. The monoisotopic (exact) mass is 368 g/mol. The molecule has 2 saturated heterocycles. The summed E-state index contributed by atoms with van der Waals surface area (Å²) in [6.07, 6.45) is 5.21. The fourth-order valence-electron chi connectivity index (χ4n) is 5.56. The van der Waals surface area contributed by atoms with Gasteiger partial charge in [0.05, 0.1) is 23.6 Å². The van der Waals surface area contributed by atoms with Crippen LogP contribution < -0.4 is 10.2 Å². The molecule has 1 aromatic carbocycles. The molecule has 2 aliphatic heterocycles. The summed E-state index contributed by atoms with van der Waals surface area (Å²) in [4.78, 5) is 39.7. The smallest absolute Gasteiger partial charge is 0.251 e. The van der Waals surface area contributed by atoms with Crippen molar-refractivity contribution in [1.82, 2.24) is 5.32 Å². The summed E-state index contributed by atoms with van der Waals surface area (Å²) in [5.41, 5.74) is 0.981. The van der Waals surface area contributed by atoms with Gasteiger partial charge in [0, 0.05) is 18.7 Å². The molecule has 2 saturated carbocycles. The summed E-state index contributed by atoms with van der Waals surface area (Å²) in [6.45, 7) is 1.23. The van der Waals surface area contributed by atoms with Crippen LogP contribution in [0.4, 0.5) is 5.69 Å². The Morgan fingerprint density at radius 1 is 1.11 bits per heavy atom. The normalized spacial score (nSPS) is 34.4. The first-order valence-electron chi connectivity index (χ1n) is 10.0. The Bertz CT molecular complexity index is 773. The van der Waals surface area contributed by atoms with Crippen LogP contribution in [0.25, 0.3) is 0 Å². The van der Waals surface area contributed by atoms with E-state index >= 15 is 0 Å². The molecule has 2 aliphatic carbocycles. The van der Waals surface area contributed by atoms with Crippen molar-refractivity contribution in [3.8, 4) is 0 Å². The summed E-state index contributed by atoms with van der Waals surface area (Å²) in [5, 5.41) is 2.89. The Labute approximate surface area is 158 Å². The lowest BCUT2D eigenvalue weighted by Gasteiger charge is -2.19. The first-order valence-corrected chi connectivity index (χ1v) is 10.0. The van der Waals surface area contributed by atoms with E-state index in [4.69, 9.17) is 4.74 Å². The van der Waals surface area contributed by atoms with E-state index in [-0.39, 0.29) is 35.7 Å². The van der Waals surface area contributed by atoms with E-state index < -0.39 is 0 Å². The second-order valence-corrected chi connectivity index (χ2v) is 8.29. The molecule has 6 heteroatoms. The predicted octanol–water partition coefficient (Wildman–Crippen LogP) is 2.13. The molecule has 142 valence electrons. The zero-order valence-corrected chi connectivity index (χ0v) is 15.2. The molecule has 4 aliphatic rings. The van der Waals surface area contributed by atoms with Gasteiger partial charge in [-0.3, -0.25) is 19.3 Å². The Balaban J connectivity index is 1.34. The molecular weight excluding hydrogens is 344 g/mol. The van der Waals surface area contributed by atoms with E-state index in [9.17, 15) is 14.4 Å². The molecule has 1 aromatic rings. The van der Waals surface area contributed by atoms with E-state index in [0.29, 0.717) is 29.6 Å². The summed E-state index contributed by atoms with van der Waals surface area (Å²) in [6, 6.07) is 6.85. The number of ether oxygens (including phenoxy) is 1. The highest BCUT2D eigenvalue weighted by Gasteiger charge is 2.61. The third-order valence-electron chi connectivity index (χ3n) is 6.81. The van der Waals surface area contributed by atoms with Gasteiger partial charge in [-0.1, -0.05) is 6.07 Å². The van der Waals surface area contributed by atoms with E-state index in [1.165, 1.54) is 4.90 Å². The van der Waals surface area contributed by atoms with Gasteiger partial charge in [0.25, 0.3) is 5.91 Å². The van der Waals surface area contributed by atoms with Crippen LogP contribution >= 0.6 is 0 Å². The second kappa shape index (κ2) is 6.44. The number of nitrogens with one attached hydrogen (secondary N) is 1. The summed E-state index contributed by atoms with van der Waals surface area (Å²) in [5.74, 6) is 0.0788. The number of amides is 3. The van der Waals surface area contributed by atoms with Crippen molar-refractivity contribution in [2.75, 3.05) is 18.1 Å². The molecule has 3 amide bonds. The maximum absolute atomic E-state index is 13.0. The quantitative estimate of drug-likeness (QED) is 0.826. The van der Waals surface area contributed by atoms with Crippen LogP contribution in [0.3, 0.4) is 0 Å². The number of hydrogen-bond acceptors (Lipinski definition) is 4. The summed E-state index contributed by atoms with van der Waals surface area (Å²) in [7, 11) is 0. The zero-order valence-electron chi connectivity index (χ0n) is 15.2. The topological polar surface area (TPSA) is 75.7 Å². The highest BCUT2D eigenvalue weighted by atomic mass is 16.5. The fraction of sp³-hybridized carbons (Fsp3) is 0.571. The second-order valence-electron chi connectivity index (χ2n) is 8.29. The number of anilines is 1. The predicted molar refractivity (Wildman–Crippen MR) is 98.1 cm³/mol. The van der Waals surface area contributed by atoms with Crippen molar-refractivity contribution >= 4 is 23.4 Å². The third-order valence-corrected chi connectivity index (χ3v) is 6.81. The van der Waals surface area contributed by atoms with Gasteiger partial charge in [0.1, 0.15) is 0 Å². The minimum absolute atomic E-state index is 0.0749. The Morgan fingerprint density at radius 2 is 1.85 bits per heavy atom. The molecule has 5 atom stereocenters. The van der Waals surface area contributed by atoms with Crippen LogP contribution in [0.1, 0.15) is 42.5 Å². The molecule has 0 spiro atoms. The lowest BCUT2D eigenvalue weighted by atomic mass is 9.81. The average molecular weight is 368 g/mol. The SMILES string of the molecule is O=C(NC[C@H]1CCCO1)c1cccc(N2C(=O)[C@@H]3[C@@H]4CC[C@H](C4)[C@@H]3C2=O)c1. The van der Waals surface area contributed by atoms with Gasteiger partial charge in [0.2, 0.25) is 11.8 Å². The van der Waals surface area contributed by atoms with E-state index in [1.807, 2.05) is 0 Å². The summed E-state index contributed by atoms with van der Waals surface area (Å²) >= 11 is 0. The van der Waals surface area contributed by atoms with Crippen molar-refractivity contribution in [3.63, 3.8) is 0 Å². The van der Waals surface area contributed by atoms with Crippen LogP contribution in [-0.2, 0) is 14.3 Å². The molecule has 6 nitrogen and oxygen atoms in total. The number of carbonyl (C=O) groups is 3. The summed E-state index contributed by atoms with van der Waals surface area (Å²) < 4.78 is 5.53. The molecule has 2 heterocycles. The van der Waals surface area contributed by atoms with E-state index in [0.717, 1.165) is 38.7 Å². The van der Waals surface area contributed by atoms with Gasteiger partial charge >= 0.3 is 0 Å². The Kier molecular flexibility index (Phi) is 4.04. The molecule has 27 heavy (non-hydrogen) atoms. The van der Waals surface area contributed by atoms with Crippen molar-refractivity contribution in [2.24, 2.45) is 23.7 Å². The van der Waals surface area contributed by atoms with Crippen LogP contribution in [0.2, 0.25) is 0 Å². The van der Waals surface area contributed by atoms with E-state index in [2.05, 4.69) is 5.32 Å². The van der Waals surface area contributed by atoms with Crippen molar-refractivity contribution in [2.45, 2.75) is 38.2 Å². The molecule has 5 rings (SSSR count). The highest BCUT2D eigenvalue weighted by molar-refractivity contribution is 6.22. The lowest BCUT2D eigenvalue weighted by molar-refractivity contribution is -0.123. The minimum atomic E-state index is -0.202. The molecule has 4 fully saturated rings. The van der Waals surface area contributed by atoms with Crippen molar-refractivity contribution in [1.29, 1.82) is 0 Å². The van der Waals surface area contributed by atoms with Gasteiger partial charge in [-0.05, 0) is 62.1 Å². The first-order chi connectivity index (χ1) is 13.1.